The Morgan fingerprint density at radius 1 is 1.48 bits per heavy atom. The Morgan fingerprint density at radius 3 is 2.71 bits per heavy atom. The standard InChI is InChI=1S/C13H16N4O4/c1-16-7-8(6-14-16)17-5-2-9(10(17)18)15-11(19)13(3-4-13)12(20)21/h6-7,9H,2-5H2,1H3,(H,15,19)(H,20,21). The number of carbonyl (C=O) groups excluding carboxylic acids is 2. The van der Waals surface area contributed by atoms with Gasteiger partial charge in [-0.25, -0.2) is 0 Å². The van der Waals surface area contributed by atoms with Crippen LogP contribution in [-0.4, -0.2) is 45.3 Å². The molecule has 21 heavy (non-hydrogen) atoms. The van der Waals surface area contributed by atoms with Gasteiger partial charge in [0.2, 0.25) is 11.8 Å². The second-order valence-corrected chi connectivity index (χ2v) is 5.56. The van der Waals surface area contributed by atoms with Crippen LogP contribution in [0.15, 0.2) is 12.4 Å². The van der Waals surface area contributed by atoms with Crippen LogP contribution >= 0.6 is 0 Å². The zero-order valence-electron chi connectivity index (χ0n) is 11.6. The zero-order chi connectivity index (χ0) is 15.2. The number of nitrogens with zero attached hydrogens (tertiary/aromatic N) is 3. The summed E-state index contributed by atoms with van der Waals surface area (Å²) >= 11 is 0. The lowest BCUT2D eigenvalue weighted by Gasteiger charge is -2.17. The minimum atomic E-state index is -1.32. The summed E-state index contributed by atoms with van der Waals surface area (Å²) in [4.78, 5) is 37.0. The number of carboxylic acids is 1. The molecular formula is C13H16N4O4. The van der Waals surface area contributed by atoms with Crippen LogP contribution in [-0.2, 0) is 21.4 Å². The van der Waals surface area contributed by atoms with E-state index < -0.39 is 23.3 Å². The Balaban J connectivity index is 1.67. The van der Waals surface area contributed by atoms with E-state index in [1.54, 1.807) is 29.0 Å². The van der Waals surface area contributed by atoms with Crippen molar-refractivity contribution in [1.29, 1.82) is 0 Å². The van der Waals surface area contributed by atoms with Gasteiger partial charge < -0.3 is 15.3 Å². The van der Waals surface area contributed by atoms with Crippen LogP contribution in [0.3, 0.4) is 0 Å². The van der Waals surface area contributed by atoms with Gasteiger partial charge in [0.05, 0.1) is 11.9 Å². The maximum absolute atomic E-state index is 12.3. The van der Waals surface area contributed by atoms with E-state index in [0.29, 0.717) is 31.5 Å². The van der Waals surface area contributed by atoms with E-state index >= 15 is 0 Å². The van der Waals surface area contributed by atoms with Crippen LogP contribution in [0.5, 0.6) is 0 Å². The van der Waals surface area contributed by atoms with Gasteiger partial charge in [0.15, 0.2) is 0 Å². The van der Waals surface area contributed by atoms with Crippen molar-refractivity contribution < 1.29 is 19.5 Å². The van der Waals surface area contributed by atoms with E-state index in [1.807, 2.05) is 0 Å². The van der Waals surface area contributed by atoms with Crippen molar-refractivity contribution in [1.82, 2.24) is 15.1 Å². The zero-order valence-corrected chi connectivity index (χ0v) is 11.6. The van der Waals surface area contributed by atoms with E-state index in [2.05, 4.69) is 10.4 Å². The van der Waals surface area contributed by atoms with E-state index in [0.717, 1.165) is 0 Å². The Kier molecular flexibility index (Phi) is 2.96. The Hall–Kier alpha value is -2.38. The lowest BCUT2D eigenvalue weighted by molar-refractivity contribution is -0.149. The van der Waals surface area contributed by atoms with Crippen molar-refractivity contribution in [3.05, 3.63) is 12.4 Å². The van der Waals surface area contributed by atoms with Gasteiger partial charge in [-0.05, 0) is 19.3 Å². The highest BCUT2D eigenvalue weighted by atomic mass is 16.4. The molecule has 0 aromatic carbocycles. The highest BCUT2D eigenvalue weighted by molar-refractivity contribution is 6.08. The number of carboxylic acid groups (broad SMARTS) is 1. The lowest BCUT2D eigenvalue weighted by atomic mass is 10.1. The summed E-state index contributed by atoms with van der Waals surface area (Å²) in [6.07, 6.45) is 4.45. The number of anilines is 1. The molecule has 2 heterocycles. The molecule has 1 unspecified atom stereocenters. The molecular weight excluding hydrogens is 276 g/mol. The molecule has 0 bridgehead atoms. The van der Waals surface area contributed by atoms with Crippen molar-refractivity contribution in [2.45, 2.75) is 25.3 Å². The van der Waals surface area contributed by atoms with Gasteiger partial charge in [-0.2, -0.15) is 5.10 Å². The molecule has 1 aliphatic heterocycles. The number of aromatic nitrogens is 2. The first kappa shape index (κ1) is 13.6. The third-order valence-corrected chi connectivity index (χ3v) is 4.11. The maximum atomic E-state index is 12.3. The summed E-state index contributed by atoms with van der Waals surface area (Å²) in [7, 11) is 1.76. The van der Waals surface area contributed by atoms with Crippen LogP contribution in [0.2, 0.25) is 0 Å². The van der Waals surface area contributed by atoms with E-state index in [4.69, 9.17) is 5.11 Å². The predicted molar refractivity (Wildman–Crippen MR) is 71.4 cm³/mol. The summed E-state index contributed by atoms with van der Waals surface area (Å²) in [5.41, 5.74) is -0.638. The summed E-state index contributed by atoms with van der Waals surface area (Å²) in [6.45, 7) is 0.482. The SMILES string of the molecule is Cn1cc(N2CCC(NC(=O)C3(C(=O)O)CC3)C2=O)cn1. The van der Waals surface area contributed by atoms with Crippen molar-refractivity contribution in [2.24, 2.45) is 12.5 Å². The summed E-state index contributed by atoms with van der Waals surface area (Å²) < 4.78 is 1.60. The molecule has 8 heteroatoms. The second kappa shape index (κ2) is 4.57. The monoisotopic (exact) mass is 292 g/mol. The van der Waals surface area contributed by atoms with Gasteiger partial charge >= 0.3 is 5.97 Å². The van der Waals surface area contributed by atoms with Crippen molar-refractivity contribution in [3.8, 4) is 0 Å². The van der Waals surface area contributed by atoms with Crippen LogP contribution in [0.25, 0.3) is 0 Å². The molecule has 1 atom stereocenters. The first-order valence-corrected chi connectivity index (χ1v) is 6.78. The highest BCUT2D eigenvalue weighted by Crippen LogP contribution is 2.46. The lowest BCUT2D eigenvalue weighted by Crippen LogP contribution is -2.46. The van der Waals surface area contributed by atoms with Gasteiger partial charge in [0.25, 0.3) is 0 Å². The van der Waals surface area contributed by atoms with Crippen LogP contribution < -0.4 is 10.2 Å². The fourth-order valence-corrected chi connectivity index (χ4v) is 2.58. The van der Waals surface area contributed by atoms with Crippen molar-refractivity contribution >= 4 is 23.5 Å². The predicted octanol–water partition coefficient (Wildman–Crippen LogP) is -0.494. The minimum Gasteiger partial charge on any atom is -0.480 e. The van der Waals surface area contributed by atoms with E-state index in [1.165, 1.54) is 0 Å². The molecule has 2 N–H and O–H groups in total. The third kappa shape index (κ3) is 2.16. The fourth-order valence-electron chi connectivity index (χ4n) is 2.58. The van der Waals surface area contributed by atoms with Gasteiger partial charge in [0.1, 0.15) is 11.5 Å². The Morgan fingerprint density at radius 2 is 2.19 bits per heavy atom. The number of aliphatic carboxylic acids is 1. The van der Waals surface area contributed by atoms with E-state index in [-0.39, 0.29) is 5.91 Å². The van der Waals surface area contributed by atoms with Crippen molar-refractivity contribution in [2.75, 3.05) is 11.4 Å². The molecule has 1 saturated carbocycles. The van der Waals surface area contributed by atoms with Gasteiger partial charge in [-0.3, -0.25) is 19.1 Å². The number of hydrogen-bond acceptors (Lipinski definition) is 4. The molecule has 112 valence electrons. The van der Waals surface area contributed by atoms with Gasteiger partial charge in [-0.1, -0.05) is 0 Å². The fraction of sp³-hybridized carbons (Fsp3) is 0.538. The smallest absolute Gasteiger partial charge is 0.319 e. The molecule has 1 aromatic rings. The molecule has 0 radical (unpaired) electrons. The molecule has 2 amide bonds. The number of amides is 2. The number of aryl methyl sites for hydroxylation is 1. The number of hydrogen-bond donors (Lipinski definition) is 2. The Bertz CT molecular complexity index is 619. The quantitative estimate of drug-likeness (QED) is 0.728. The van der Waals surface area contributed by atoms with Crippen LogP contribution in [0.4, 0.5) is 5.69 Å². The molecule has 3 rings (SSSR count). The summed E-state index contributed by atoms with van der Waals surface area (Å²) in [5, 5.41) is 15.7. The minimum absolute atomic E-state index is 0.225. The molecule has 0 spiro atoms. The highest BCUT2D eigenvalue weighted by Gasteiger charge is 2.57. The van der Waals surface area contributed by atoms with Gasteiger partial charge in [0, 0.05) is 19.8 Å². The molecule has 1 aliphatic carbocycles. The normalized spacial score (nSPS) is 23.2. The molecule has 1 saturated heterocycles. The average molecular weight is 292 g/mol. The van der Waals surface area contributed by atoms with Crippen molar-refractivity contribution in [3.63, 3.8) is 0 Å². The molecule has 8 nitrogen and oxygen atoms in total. The average Bonchev–Trinajstić information content (AvgIpc) is 3.05. The summed E-state index contributed by atoms with van der Waals surface area (Å²) in [5.74, 6) is -1.89. The van der Waals surface area contributed by atoms with Crippen LogP contribution in [0.1, 0.15) is 19.3 Å². The van der Waals surface area contributed by atoms with Crippen LogP contribution in [0, 0.1) is 5.41 Å². The molecule has 2 fully saturated rings. The second-order valence-electron chi connectivity index (χ2n) is 5.56. The molecule has 2 aliphatic rings. The first-order chi connectivity index (χ1) is 9.94. The topological polar surface area (TPSA) is 105 Å². The number of carbonyl (C=O) groups is 3. The summed E-state index contributed by atoms with van der Waals surface area (Å²) in [6, 6.07) is -0.658. The Labute approximate surface area is 120 Å². The first-order valence-electron chi connectivity index (χ1n) is 6.78. The largest absolute Gasteiger partial charge is 0.480 e. The van der Waals surface area contributed by atoms with E-state index in [9.17, 15) is 14.4 Å². The van der Waals surface area contributed by atoms with Gasteiger partial charge in [-0.15, -0.1) is 0 Å². The molecule has 1 aromatic heterocycles. The third-order valence-electron chi connectivity index (χ3n) is 4.11. The number of rotatable bonds is 4. The maximum Gasteiger partial charge on any atom is 0.319 e. The number of nitrogens with one attached hydrogen (secondary N) is 1.